The maximum atomic E-state index is 13.7. The fourth-order valence-corrected chi connectivity index (χ4v) is 2.94. The lowest BCUT2D eigenvalue weighted by molar-refractivity contribution is -0.139. The number of aromatic hydroxyl groups is 1. The molecule has 1 aliphatic rings. The highest BCUT2D eigenvalue weighted by Crippen LogP contribution is 2.43. The Kier molecular flexibility index (Phi) is 5.28. The van der Waals surface area contributed by atoms with Gasteiger partial charge in [-0.15, -0.1) is 0 Å². The average molecular weight is 320 g/mol. The average Bonchev–Trinajstić information content (AvgIpc) is 2.47. The van der Waals surface area contributed by atoms with Crippen LogP contribution in [0, 0.1) is 5.82 Å². The van der Waals surface area contributed by atoms with Crippen molar-refractivity contribution in [2.75, 3.05) is 26.2 Å². The molecule has 0 bridgehead atoms. The van der Waals surface area contributed by atoms with E-state index >= 15 is 0 Å². The van der Waals surface area contributed by atoms with Crippen LogP contribution in [0.1, 0.15) is 36.9 Å². The first kappa shape index (κ1) is 17.0. The number of hydrogen-bond donors (Lipinski definition) is 2. The Morgan fingerprint density at radius 2 is 1.91 bits per heavy atom. The summed E-state index contributed by atoms with van der Waals surface area (Å²) in [7, 11) is 0. The molecule has 0 saturated carbocycles. The zero-order valence-corrected chi connectivity index (χ0v) is 12.4. The Labute approximate surface area is 126 Å². The molecular weight excluding hydrogens is 300 g/mol. The lowest BCUT2D eigenvalue weighted by Crippen LogP contribution is -2.45. The summed E-state index contributed by atoms with van der Waals surface area (Å²) in [4.78, 5) is 1.88. The lowest BCUT2D eigenvalue weighted by atomic mass is 9.93. The number of benzene rings is 1. The van der Waals surface area contributed by atoms with Gasteiger partial charge in [0.2, 0.25) is 0 Å². The van der Waals surface area contributed by atoms with Crippen LogP contribution in [0.3, 0.4) is 0 Å². The first-order valence-electron chi connectivity index (χ1n) is 7.39. The fraction of sp³-hybridized carbons (Fsp3) is 0.600. The first-order chi connectivity index (χ1) is 10.4. The second kappa shape index (κ2) is 6.83. The molecule has 124 valence electrons. The zero-order valence-electron chi connectivity index (χ0n) is 12.4. The number of phenolic OH excluding ortho intramolecular Hbond substituents is 1. The van der Waals surface area contributed by atoms with Gasteiger partial charge in [0.1, 0.15) is 0 Å². The largest absolute Gasteiger partial charge is 0.505 e. The van der Waals surface area contributed by atoms with Gasteiger partial charge in [0, 0.05) is 37.8 Å². The molecule has 1 fully saturated rings. The smallest absolute Gasteiger partial charge is 0.416 e. The van der Waals surface area contributed by atoms with Gasteiger partial charge in [0.25, 0.3) is 0 Å². The van der Waals surface area contributed by atoms with Crippen molar-refractivity contribution < 1.29 is 22.7 Å². The van der Waals surface area contributed by atoms with Gasteiger partial charge in [-0.3, -0.25) is 4.90 Å². The lowest BCUT2D eigenvalue weighted by Gasteiger charge is -2.36. The molecule has 0 unspecified atom stereocenters. The third-order valence-electron chi connectivity index (χ3n) is 3.96. The van der Waals surface area contributed by atoms with E-state index in [-0.39, 0.29) is 5.56 Å². The molecule has 1 atom stereocenters. The van der Waals surface area contributed by atoms with Gasteiger partial charge in [0.15, 0.2) is 11.6 Å². The second-order valence-electron chi connectivity index (χ2n) is 5.45. The summed E-state index contributed by atoms with van der Waals surface area (Å²) in [6.45, 7) is 4.32. The third-order valence-corrected chi connectivity index (χ3v) is 3.96. The van der Waals surface area contributed by atoms with Crippen molar-refractivity contribution in [3.8, 4) is 5.75 Å². The van der Waals surface area contributed by atoms with Gasteiger partial charge in [-0.1, -0.05) is 13.3 Å². The Bertz CT molecular complexity index is 513. The van der Waals surface area contributed by atoms with Crippen LogP contribution in [0.2, 0.25) is 0 Å². The van der Waals surface area contributed by atoms with E-state index in [1.807, 2.05) is 11.8 Å². The topological polar surface area (TPSA) is 35.5 Å². The van der Waals surface area contributed by atoms with Gasteiger partial charge < -0.3 is 10.4 Å². The van der Waals surface area contributed by atoms with Crippen LogP contribution < -0.4 is 5.32 Å². The molecule has 2 rings (SSSR count). The molecule has 7 heteroatoms. The molecule has 1 aromatic carbocycles. The number of piperazine rings is 1. The molecular formula is C15H20F4N2O. The van der Waals surface area contributed by atoms with Gasteiger partial charge >= 0.3 is 6.18 Å². The highest BCUT2D eigenvalue weighted by molar-refractivity contribution is 5.44. The quantitative estimate of drug-likeness (QED) is 0.836. The van der Waals surface area contributed by atoms with Crippen molar-refractivity contribution in [2.45, 2.75) is 32.0 Å². The molecule has 1 aromatic rings. The van der Waals surface area contributed by atoms with Crippen LogP contribution in [0.15, 0.2) is 12.1 Å². The Balaban J connectivity index is 2.51. The van der Waals surface area contributed by atoms with Crippen LogP contribution in [0.4, 0.5) is 17.6 Å². The van der Waals surface area contributed by atoms with E-state index in [9.17, 15) is 22.7 Å². The summed E-state index contributed by atoms with van der Waals surface area (Å²) < 4.78 is 53.5. The van der Waals surface area contributed by atoms with Crippen LogP contribution in [0.25, 0.3) is 0 Å². The summed E-state index contributed by atoms with van der Waals surface area (Å²) in [5, 5.41) is 13.1. The molecule has 22 heavy (non-hydrogen) atoms. The molecule has 1 saturated heterocycles. The van der Waals surface area contributed by atoms with Crippen molar-refractivity contribution in [2.24, 2.45) is 0 Å². The predicted molar refractivity (Wildman–Crippen MR) is 75.2 cm³/mol. The Hall–Kier alpha value is -1.34. The number of hydrogen-bond acceptors (Lipinski definition) is 3. The van der Waals surface area contributed by atoms with Crippen LogP contribution >= 0.6 is 0 Å². The van der Waals surface area contributed by atoms with Crippen molar-refractivity contribution >= 4 is 0 Å². The second-order valence-corrected chi connectivity index (χ2v) is 5.45. The number of rotatable bonds is 4. The maximum absolute atomic E-state index is 13.7. The van der Waals surface area contributed by atoms with Gasteiger partial charge in [-0.05, 0) is 18.6 Å². The molecule has 3 nitrogen and oxygen atoms in total. The van der Waals surface area contributed by atoms with Crippen molar-refractivity contribution in [3.05, 3.63) is 29.1 Å². The highest BCUT2D eigenvalue weighted by Gasteiger charge is 2.39. The Morgan fingerprint density at radius 3 is 2.45 bits per heavy atom. The van der Waals surface area contributed by atoms with E-state index in [0.717, 1.165) is 6.07 Å². The van der Waals surface area contributed by atoms with Crippen molar-refractivity contribution in [1.29, 1.82) is 0 Å². The molecule has 0 spiro atoms. The van der Waals surface area contributed by atoms with E-state index in [1.54, 1.807) is 0 Å². The van der Waals surface area contributed by atoms with E-state index < -0.39 is 29.3 Å². The fourth-order valence-electron chi connectivity index (χ4n) is 2.94. The van der Waals surface area contributed by atoms with Crippen LogP contribution in [-0.4, -0.2) is 36.2 Å². The van der Waals surface area contributed by atoms with Gasteiger partial charge in [-0.25, -0.2) is 4.39 Å². The third kappa shape index (κ3) is 3.52. The number of alkyl halides is 3. The van der Waals surface area contributed by atoms with E-state index in [2.05, 4.69) is 5.32 Å². The normalized spacial score (nSPS) is 18.4. The first-order valence-corrected chi connectivity index (χ1v) is 7.39. The molecule has 2 N–H and O–H groups in total. The minimum atomic E-state index is -4.62. The van der Waals surface area contributed by atoms with E-state index in [4.69, 9.17) is 0 Å². The molecule has 1 aliphatic heterocycles. The summed E-state index contributed by atoms with van der Waals surface area (Å²) in [6.07, 6.45) is -3.55. The number of nitrogens with zero attached hydrogens (tertiary/aromatic N) is 1. The monoisotopic (exact) mass is 320 g/mol. The highest BCUT2D eigenvalue weighted by atomic mass is 19.4. The number of halogens is 4. The standard InChI is InChI=1S/C15H20F4N2O/c1-2-3-12(21-8-6-20-7-9-21)13-10(15(17,18)19)4-5-11(16)14(13)22/h4-5,12,20,22H,2-3,6-9H2,1H3/t12-/m0/s1. The summed E-state index contributed by atoms with van der Waals surface area (Å²) in [5.74, 6) is -1.90. The molecule has 0 aromatic heterocycles. The van der Waals surface area contributed by atoms with Crippen molar-refractivity contribution in [3.63, 3.8) is 0 Å². The van der Waals surface area contributed by atoms with Crippen LogP contribution in [0.5, 0.6) is 5.75 Å². The number of phenols is 1. The van der Waals surface area contributed by atoms with E-state index in [0.29, 0.717) is 45.1 Å². The van der Waals surface area contributed by atoms with Crippen molar-refractivity contribution in [1.82, 2.24) is 10.2 Å². The minimum absolute atomic E-state index is 0.337. The van der Waals surface area contributed by atoms with Gasteiger partial charge in [0.05, 0.1) is 5.56 Å². The van der Waals surface area contributed by atoms with Crippen LogP contribution in [-0.2, 0) is 6.18 Å². The molecule has 0 aliphatic carbocycles. The maximum Gasteiger partial charge on any atom is 0.416 e. The Morgan fingerprint density at radius 1 is 1.27 bits per heavy atom. The summed E-state index contributed by atoms with van der Waals surface area (Å²) in [5.41, 5.74) is -1.29. The minimum Gasteiger partial charge on any atom is -0.505 e. The molecule has 0 radical (unpaired) electrons. The molecule has 0 amide bonds. The summed E-state index contributed by atoms with van der Waals surface area (Å²) in [6, 6.07) is 0.747. The molecule has 1 heterocycles. The predicted octanol–water partition coefficient (Wildman–Crippen LogP) is 3.30. The summed E-state index contributed by atoms with van der Waals surface area (Å²) >= 11 is 0. The zero-order chi connectivity index (χ0) is 16.3. The van der Waals surface area contributed by atoms with E-state index in [1.165, 1.54) is 0 Å². The van der Waals surface area contributed by atoms with Gasteiger partial charge in [-0.2, -0.15) is 13.2 Å². The SMILES string of the molecule is CCC[C@@H](c1c(C(F)(F)F)ccc(F)c1O)N1CCNCC1. The number of nitrogens with one attached hydrogen (secondary N) is 1.